The largest absolute Gasteiger partial charge is 0.507 e. The summed E-state index contributed by atoms with van der Waals surface area (Å²) in [5.41, 5.74) is -0.0839. The minimum Gasteiger partial charge on any atom is -0.507 e. The Kier molecular flexibility index (Phi) is 3.85. The highest BCUT2D eigenvalue weighted by molar-refractivity contribution is 5.62. The third kappa shape index (κ3) is 2.74. The predicted molar refractivity (Wildman–Crippen MR) is 72.2 cm³/mol. The first-order chi connectivity index (χ1) is 10.2. The van der Waals surface area contributed by atoms with Gasteiger partial charge in [-0.25, -0.2) is 4.39 Å². The quantitative estimate of drug-likeness (QED) is 0.933. The summed E-state index contributed by atoms with van der Waals surface area (Å²) >= 11 is 0. The van der Waals surface area contributed by atoms with Crippen LogP contribution in [-0.2, 0) is 4.74 Å². The Labute approximate surface area is 121 Å². The monoisotopic (exact) mass is 293 g/mol. The molecule has 0 spiro atoms. The first-order valence-corrected chi connectivity index (χ1v) is 6.84. The maximum atomic E-state index is 13.8. The Morgan fingerprint density at radius 3 is 3.10 bits per heavy atom. The number of halogens is 1. The van der Waals surface area contributed by atoms with E-state index in [9.17, 15) is 9.50 Å². The van der Waals surface area contributed by atoms with Crippen molar-refractivity contribution in [2.24, 2.45) is 0 Å². The highest BCUT2D eigenvalue weighted by atomic mass is 19.1. The van der Waals surface area contributed by atoms with Crippen molar-refractivity contribution in [2.45, 2.75) is 13.0 Å². The van der Waals surface area contributed by atoms with Crippen molar-refractivity contribution in [1.29, 1.82) is 0 Å². The Hall–Kier alpha value is -1.99. The number of nitrogens with zero attached hydrogens (tertiary/aromatic N) is 3. The van der Waals surface area contributed by atoms with Gasteiger partial charge < -0.3 is 14.4 Å². The van der Waals surface area contributed by atoms with Gasteiger partial charge in [-0.1, -0.05) is 18.1 Å². The second kappa shape index (κ2) is 5.79. The first-order valence-electron chi connectivity index (χ1n) is 6.84. The van der Waals surface area contributed by atoms with Crippen LogP contribution >= 0.6 is 0 Å². The minimum atomic E-state index is -0.607. The molecule has 21 heavy (non-hydrogen) atoms. The lowest BCUT2D eigenvalue weighted by atomic mass is 10.2. The van der Waals surface area contributed by atoms with E-state index in [1.807, 2.05) is 0 Å². The van der Waals surface area contributed by atoms with E-state index in [1.165, 1.54) is 18.2 Å². The Morgan fingerprint density at radius 2 is 2.33 bits per heavy atom. The van der Waals surface area contributed by atoms with E-state index in [0.29, 0.717) is 19.0 Å². The van der Waals surface area contributed by atoms with E-state index in [-0.39, 0.29) is 23.3 Å². The van der Waals surface area contributed by atoms with Gasteiger partial charge in [-0.2, -0.15) is 4.98 Å². The first kappa shape index (κ1) is 14.0. The maximum Gasteiger partial charge on any atom is 0.264 e. The molecular formula is C14H16FN3O3. The summed E-state index contributed by atoms with van der Waals surface area (Å²) in [6, 6.07) is 4.02. The zero-order valence-corrected chi connectivity index (χ0v) is 11.6. The number of ether oxygens (including phenoxy) is 1. The zero-order valence-electron chi connectivity index (χ0n) is 11.6. The average Bonchev–Trinajstić information content (AvgIpc) is 2.97. The van der Waals surface area contributed by atoms with Crippen LogP contribution in [0.3, 0.4) is 0 Å². The van der Waals surface area contributed by atoms with Crippen LogP contribution in [0.25, 0.3) is 11.5 Å². The van der Waals surface area contributed by atoms with Gasteiger partial charge in [0.1, 0.15) is 23.2 Å². The summed E-state index contributed by atoms with van der Waals surface area (Å²) in [5, 5.41) is 13.6. The van der Waals surface area contributed by atoms with Crippen LogP contribution in [0, 0.1) is 5.82 Å². The molecule has 1 saturated heterocycles. The second-order valence-electron chi connectivity index (χ2n) is 4.84. The number of hydrogen-bond donors (Lipinski definition) is 1. The van der Waals surface area contributed by atoms with Gasteiger partial charge >= 0.3 is 0 Å². The highest BCUT2D eigenvalue weighted by Gasteiger charge is 2.27. The number of phenolic OH excluding ortho intramolecular Hbond substituents is 1. The molecule has 1 aliphatic rings. The van der Waals surface area contributed by atoms with E-state index in [2.05, 4.69) is 22.0 Å². The van der Waals surface area contributed by atoms with Crippen LogP contribution in [0.15, 0.2) is 22.7 Å². The molecule has 2 aromatic rings. The predicted octanol–water partition coefficient (Wildman–Crippen LogP) is 1.97. The molecule has 0 bridgehead atoms. The zero-order chi connectivity index (χ0) is 14.8. The summed E-state index contributed by atoms with van der Waals surface area (Å²) < 4.78 is 24.5. The number of rotatable bonds is 3. The number of morpholine rings is 1. The van der Waals surface area contributed by atoms with Gasteiger partial charge in [0, 0.05) is 13.1 Å². The number of hydrogen-bond acceptors (Lipinski definition) is 6. The lowest BCUT2D eigenvalue weighted by Gasteiger charge is -2.30. The van der Waals surface area contributed by atoms with Crippen LogP contribution in [0.2, 0.25) is 0 Å². The summed E-state index contributed by atoms with van der Waals surface area (Å²) in [4.78, 5) is 6.38. The Bertz CT molecular complexity index is 611. The molecule has 1 aliphatic heterocycles. The van der Waals surface area contributed by atoms with E-state index in [1.54, 1.807) is 0 Å². The van der Waals surface area contributed by atoms with Crippen molar-refractivity contribution < 1.29 is 18.8 Å². The number of aromatic hydroxyl groups is 1. The van der Waals surface area contributed by atoms with Crippen molar-refractivity contribution in [3.05, 3.63) is 29.8 Å². The molecule has 2 heterocycles. The third-order valence-corrected chi connectivity index (χ3v) is 3.53. The van der Waals surface area contributed by atoms with Crippen LogP contribution in [0.5, 0.6) is 5.75 Å². The van der Waals surface area contributed by atoms with E-state index < -0.39 is 5.82 Å². The van der Waals surface area contributed by atoms with Crippen LogP contribution in [-0.4, -0.2) is 46.4 Å². The molecule has 0 amide bonds. The molecule has 1 N–H and O–H groups in total. The van der Waals surface area contributed by atoms with Crippen molar-refractivity contribution in [2.75, 3.05) is 26.2 Å². The van der Waals surface area contributed by atoms with Crippen molar-refractivity contribution in [1.82, 2.24) is 15.0 Å². The van der Waals surface area contributed by atoms with Crippen molar-refractivity contribution in [3.63, 3.8) is 0 Å². The number of aromatic nitrogens is 2. The van der Waals surface area contributed by atoms with Crippen molar-refractivity contribution >= 4 is 0 Å². The lowest BCUT2D eigenvalue weighted by Crippen LogP contribution is -2.38. The fourth-order valence-electron chi connectivity index (χ4n) is 2.34. The molecule has 0 radical (unpaired) electrons. The highest BCUT2D eigenvalue weighted by Crippen LogP contribution is 2.31. The van der Waals surface area contributed by atoms with Gasteiger partial charge in [0.05, 0.1) is 6.61 Å². The SMILES string of the molecule is CCN1CCOC(c2noc(-c3c(O)cccc3F)n2)C1. The maximum absolute atomic E-state index is 13.8. The van der Waals surface area contributed by atoms with Gasteiger partial charge in [-0.15, -0.1) is 0 Å². The van der Waals surface area contributed by atoms with Gasteiger partial charge in [0.25, 0.3) is 5.89 Å². The van der Waals surface area contributed by atoms with Crippen LogP contribution in [0.1, 0.15) is 18.9 Å². The molecule has 0 saturated carbocycles. The third-order valence-electron chi connectivity index (χ3n) is 3.53. The minimum absolute atomic E-state index is 0.0437. The summed E-state index contributed by atoms with van der Waals surface area (Å²) in [7, 11) is 0. The molecule has 1 aromatic carbocycles. The number of phenols is 1. The van der Waals surface area contributed by atoms with Gasteiger partial charge in [0.2, 0.25) is 5.82 Å². The smallest absolute Gasteiger partial charge is 0.264 e. The van der Waals surface area contributed by atoms with Crippen molar-refractivity contribution in [3.8, 4) is 17.2 Å². The van der Waals surface area contributed by atoms with Gasteiger partial charge in [-0.05, 0) is 18.7 Å². The lowest BCUT2D eigenvalue weighted by molar-refractivity contribution is -0.0334. The average molecular weight is 293 g/mol. The Morgan fingerprint density at radius 1 is 1.48 bits per heavy atom. The van der Waals surface area contributed by atoms with E-state index >= 15 is 0 Å². The standard InChI is InChI=1S/C14H16FN3O3/c1-2-18-6-7-20-11(8-18)13-16-14(21-17-13)12-9(15)4-3-5-10(12)19/h3-5,11,19H,2,6-8H2,1H3. The van der Waals surface area contributed by atoms with E-state index in [0.717, 1.165) is 13.1 Å². The summed E-state index contributed by atoms with van der Waals surface area (Å²) in [6.07, 6.45) is -0.301. The fraction of sp³-hybridized carbons (Fsp3) is 0.429. The normalized spacial score (nSPS) is 19.8. The summed E-state index contributed by atoms with van der Waals surface area (Å²) in [6.45, 7) is 5.11. The molecular weight excluding hydrogens is 277 g/mol. The fourth-order valence-corrected chi connectivity index (χ4v) is 2.34. The number of benzene rings is 1. The molecule has 6 nitrogen and oxygen atoms in total. The molecule has 7 heteroatoms. The van der Waals surface area contributed by atoms with Crippen LogP contribution < -0.4 is 0 Å². The molecule has 1 aromatic heterocycles. The second-order valence-corrected chi connectivity index (χ2v) is 4.84. The molecule has 0 aliphatic carbocycles. The van der Waals surface area contributed by atoms with Crippen LogP contribution in [0.4, 0.5) is 4.39 Å². The molecule has 1 unspecified atom stereocenters. The molecule has 3 rings (SSSR count). The molecule has 1 atom stereocenters. The topological polar surface area (TPSA) is 71.6 Å². The molecule has 112 valence electrons. The van der Waals surface area contributed by atoms with Gasteiger partial charge in [0.15, 0.2) is 0 Å². The summed E-state index contributed by atoms with van der Waals surface area (Å²) in [5.74, 6) is -0.515. The Balaban J connectivity index is 1.86. The van der Waals surface area contributed by atoms with E-state index in [4.69, 9.17) is 9.26 Å². The van der Waals surface area contributed by atoms with Gasteiger partial charge in [-0.3, -0.25) is 4.90 Å². The molecule has 1 fully saturated rings. The number of likely N-dealkylation sites (N-methyl/N-ethyl adjacent to an activating group) is 1.